The number of anilines is 1. The van der Waals surface area contributed by atoms with Crippen LogP contribution in [0.3, 0.4) is 0 Å². The van der Waals surface area contributed by atoms with Crippen molar-refractivity contribution in [3.05, 3.63) is 70.4 Å². The largest absolute Gasteiger partial charge is 0.454 e. The first-order chi connectivity index (χ1) is 14.6. The fourth-order valence-electron chi connectivity index (χ4n) is 3.53. The minimum Gasteiger partial charge on any atom is -0.454 e. The lowest BCUT2D eigenvalue weighted by molar-refractivity contribution is -0.111. The minimum absolute atomic E-state index is 0.197. The summed E-state index contributed by atoms with van der Waals surface area (Å²) in [5.74, 6) is 3.68. The number of carbonyl (C=O) groups is 1. The zero-order chi connectivity index (χ0) is 20.7. The van der Waals surface area contributed by atoms with Gasteiger partial charge in [-0.2, -0.15) is 16.9 Å². The second-order valence-electron chi connectivity index (χ2n) is 7.38. The standard InChI is InChI=1S/C23H21N3O3S/c1-14-3-6-17(9-15(14)2)26-23(18-11-30-12-19(18)25-26)24-22(27)8-5-16-4-7-20-21(10-16)29-13-28-20/h3-10H,11-13H2,1-2H3,(H,24,27)/b8-5+. The molecular formula is C23H21N3O3S. The van der Waals surface area contributed by atoms with Crippen molar-refractivity contribution in [2.75, 3.05) is 12.1 Å². The number of nitrogens with zero attached hydrogens (tertiary/aromatic N) is 2. The molecule has 5 rings (SSSR count). The van der Waals surface area contributed by atoms with Gasteiger partial charge < -0.3 is 14.8 Å². The number of ether oxygens (including phenoxy) is 2. The summed E-state index contributed by atoms with van der Waals surface area (Å²) >= 11 is 1.81. The Morgan fingerprint density at radius 2 is 1.97 bits per heavy atom. The van der Waals surface area contributed by atoms with Crippen molar-refractivity contribution in [3.63, 3.8) is 0 Å². The Kier molecular flexibility index (Phi) is 4.75. The number of nitrogens with one attached hydrogen (secondary N) is 1. The van der Waals surface area contributed by atoms with Crippen LogP contribution in [0.1, 0.15) is 27.9 Å². The highest BCUT2D eigenvalue weighted by Crippen LogP contribution is 2.36. The Labute approximate surface area is 178 Å². The maximum atomic E-state index is 12.7. The van der Waals surface area contributed by atoms with Crippen molar-refractivity contribution in [1.29, 1.82) is 0 Å². The number of carbonyl (C=O) groups excluding carboxylic acids is 1. The maximum absolute atomic E-state index is 12.7. The molecule has 1 aromatic heterocycles. The number of amides is 1. The summed E-state index contributed by atoms with van der Waals surface area (Å²) in [6, 6.07) is 11.8. The molecule has 30 heavy (non-hydrogen) atoms. The number of aryl methyl sites for hydroxylation is 2. The Balaban J connectivity index is 1.41. The molecule has 0 radical (unpaired) electrons. The molecule has 7 heteroatoms. The van der Waals surface area contributed by atoms with E-state index in [1.807, 2.05) is 40.7 Å². The summed E-state index contributed by atoms with van der Waals surface area (Å²) < 4.78 is 12.6. The zero-order valence-corrected chi connectivity index (χ0v) is 17.6. The Morgan fingerprint density at radius 1 is 1.10 bits per heavy atom. The van der Waals surface area contributed by atoms with Gasteiger partial charge in [0.15, 0.2) is 11.5 Å². The van der Waals surface area contributed by atoms with E-state index in [9.17, 15) is 4.79 Å². The first-order valence-electron chi connectivity index (χ1n) is 9.73. The molecule has 3 heterocycles. The van der Waals surface area contributed by atoms with E-state index in [2.05, 4.69) is 31.3 Å². The number of fused-ring (bicyclic) bond motifs is 2. The van der Waals surface area contributed by atoms with Crippen molar-refractivity contribution in [3.8, 4) is 17.2 Å². The molecule has 0 spiro atoms. The van der Waals surface area contributed by atoms with E-state index in [-0.39, 0.29) is 12.7 Å². The first kappa shape index (κ1) is 18.8. The Hall–Kier alpha value is -3.19. The Morgan fingerprint density at radius 3 is 2.83 bits per heavy atom. The monoisotopic (exact) mass is 419 g/mol. The van der Waals surface area contributed by atoms with Gasteiger partial charge in [0.1, 0.15) is 5.82 Å². The van der Waals surface area contributed by atoms with E-state index in [0.717, 1.165) is 45.6 Å². The van der Waals surface area contributed by atoms with E-state index in [4.69, 9.17) is 14.6 Å². The second-order valence-corrected chi connectivity index (χ2v) is 8.37. The van der Waals surface area contributed by atoms with Gasteiger partial charge in [0.05, 0.1) is 11.4 Å². The van der Waals surface area contributed by atoms with E-state index in [0.29, 0.717) is 5.75 Å². The van der Waals surface area contributed by atoms with Gasteiger partial charge in [-0.1, -0.05) is 12.1 Å². The fourth-order valence-corrected chi connectivity index (χ4v) is 4.57. The third kappa shape index (κ3) is 3.45. The van der Waals surface area contributed by atoms with Crippen molar-refractivity contribution in [2.24, 2.45) is 0 Å². The van der Waals surface area contributed by atoms with Crippen LogP contribution in [0.4, 0.5) is 5.82 Å². The van der Waals surface area contributed by atoms with Crippen LogP contribution in [0.15, 0.2) is 42.5 Å². The van der Waals surface area contributed by atoms with E-state index in [1.165, 1.54) is 17.2 Å². The topological polar surface area (TPSA) is 65.4 Å². The van der Waals surface area contributed by atoms with E-state index < -0.39 is 0 Å². The van der Waals surface area contributed by atoms with Crippen LogP contribution in [-0.4, -0.2) is 22.5 Å². The summed E-state index contributed by atoms with van der Waals surface area (Å²) in [7, 11) is 0. The van der Waals surface area contributed by atoms with Crippen molar-refractivity contribution >= 4 is 29.6 Å². The number of rotatable bonds is 4. The summed E-state index contributed by atoms with van der Waals surface area (Å²) in [6.07, 6.45) is 3.30. The van der Waals surface area contributed by atoms with Gasteiger partial charge in [0, 0.05) is 23.1 Å². The molecule has 0 aliphatic carbocycles. The van der Waals surface area contributed by atoms with Gasteiger partial charge in [0.2, 0.25) is 12.7 Å². The van der Waals surface area contributed by atoms with Gasteiger partial charge in [-0.05, 0) is 60.9 Å². The van der Waals surface area contributed by atoms with Crippen LogP contribution >= 0.6 is 11.8 Å². The lowest BCUT2D eigenvalue weighted by atomic mass is 10.1. The predicted molar refractivity (Wildman–Crippen MR) is 118 cm³/mol. The fraction of sp³-hybridized carbons (Fsp3) is 0.217. The average Bonchev–Trinajstić information content (AvgIpc) is 3.45. The summed E-state index contributed by atoms with van der Waals surface area (Å²) in [6.45, 7) is 4.40. The normalized spacial score (nSPS) is 14.3. The van der Waals surface area contributed by atoms with Crippen LogP contribution in [0.25, 0.3) is 11.8 Å². The summed E-state index contributed by atoms with van der Waals surface area (Å²) in [5, 5.41) is 7.82. The second kappa shape index (κ2) is 7.57. The summed E-state index contributed by atoms with van der Waals surface area (Å²) in [4.78, 5) is 12.7. The highest BCUT2D eigenvalue weighted by molar-refractivity contribution is 7.98. The molecular weight excluding hydrogens is 398 g/mol. The lowest BCUT2D eigenvalue weighted by Gasteiger charge is -2.11. The third-order valence-electron chi connectivity index (χ3n) is 5.35. The minimum atomic E-state index is -0.197. The Bertz CT molecular complexity index is 1180. The molecule has 1 N–H and O–H groups in total. The summed E-state index contributed by atoms with van der Waals surface area (Å²) in [5.41, 5.74) is 6.38. The number of aromatic nitrogens is 2. The molecule has 2 aliphatic heterocycles. The maximum Gasteiger partial charge on any atom is 0.249 e. The smallest absolute Gasteiger partial charge is 0.249 e. The number of hydrogen-bond acceptors (Lipinski definition) is 5. The molecule has 0 fully saturated rings. The molecule has 0 unspecified atom stereocenters. The highest BCUT2D eigenvalue weighted by Gasteiger charge is 2.24. The van der Waals surface area contributed by atoms with Crippen molar-refractivity contribution in [1.82, 2.24) is 9.78 Å². The molecule has 0 bridgehead atoms. The van der Waals surface area contributed by atoms with Crippen LogP contribution in [0.2, 0.25) is 0 Å². The highest BCUT2D eigenvalue weighted by atomic mass is 32.2. The molecule has 2 aliphatic rings. The van der Waals surface area contributed by atoms with Gasteiger partial charge >= 0.3 is 0 Å². The van der Waals surface area contributed by atoms with Crippen LogP contribution in [0, 0.1) is 13.8 Å². The molecule has 0 atom stereocenters. The average molecular weight is 420 g/mol. The molecule has 0 saturated carbocycles. The van der Waals surface area contributed by atoms with Gasteiger partial charge in [-0.3, -0.25) is 4.79 Å². The first-order valence-corrected chi connectivity index (χ1v) is 10.9. The van der Waals surface area contributed by atoms with Crippen LogP contribution in [-0.2, 0) is 16.3 Å². The van der Waals surface area contributed by atoms with Crippen LogP contribution in [0.5, 0.6) is 11.5 Å². The van der Waals surface area contributed by atoms with Gasteiger partial charge in [0.25, 0.3) is 0 Å². The molecule has 0 saturated heterocycles. The molecule has 6 nitrogen and oxygen atoms in total. The lowest BCUT2D eigenvalue weighted by Crippen LogP contribution is -2.13. The van der Waals surface area contributed by atoms with Gasteiger partial charge in [-0.25, -0.2) is 4.68 Å². The van der Waals surface area contributed by atoms with Crippen LogP contribution < -0.4 is 14.8 Å². The number of thioether (sulfide) groups is 1. The third-order valence-corrected chi connectivity index (χ3v) is 6.32. The number of benzene rings is 2. The molecule has 3 aromatic rings. The van der Waals surface area contributed by atoms with Crippen molar-refractivity contribution in [2.45, 2.75) is 25.4 Å². The van der Waals surface area contributed by atoms with E-state index >= 15 is 0 Å². The molecule has 2 aromatic carbocycles. The molecule has 1 amide bonds. The molecule has 152 valence electrons. The number of hydrogen-bond donors (Lipinski definition) is 1. The van der Waals surface area contributed by atoms with Crippen molar-refractivity contribution < 1.29 is 14.3 Å². The SMILES string of the molecule is Cc1ccc(-n2nc3c(c2NC(=O)/C=C/c2ccc4c(c2)OCO4)CSC3)cc1C. The quantitative estimate of drug-likeness (QED) is 0.626. The van der Waals surface area contributed by atoms with Gasteiger partial charge in [-0.15, -0.1) is 0 Å². The zero-order valence-electron chi connectivity index (χ0n) is 16.8. The predicted octanol–water partition coefficient (Wildman–Crippen LogP) is 4.62. The van der Waals surface area contributed by atoms with E-state index in [1.54, 1.807) is 6.08 Å².